The van der Waals surface area contributed by atoms with Crippen molar-refractivity contribution < 1.29 is 9.53 Å². The maximum atomic E-state index is 12.4. The van der Waals surface area contributed by atoms with Gasteiger partial charge in [-0.25, -0.2) is 0 Å². The summed E-state index contributed by atoms with van der Waals surface area (Å²) in [7, 11) is 0. The van der Waals surface area contributed by atoms with Crippen LogP contribution in [0, 0.1) is 30.6 Å². The standard InChI is InChI=1S/C26H28O2/c1-3-4-5-21-12-16-24(17-13-21)26(27)28-25-18-14-23(15-19-25)11-10-22-8-6-20(2)7-9-22/h3,6-9,14-15,18-19,21,24H,1,4-5,12-13,16-17H2,2H3. The first kappa shape index (κ1) is 20.0. The minimum absolute atomic E-state index is 0.0287. The lowest BCUT2D eigenvalue weighted by Gasteiger charge is -2.26. The van der Waals surface area contributed by atoms with Gasteiger partial charge in [0.05, 0.1) is 5.92 Å². The number of esters is 1. The first-order valence-corrected chi connectivity index (χ1v) is 10.2. The predicted molar refractivity (Wildman–Crippen MR) is 114 cm³/mol. The summed E-state index contributed by atoms with van der Waals surface area (Å²) in [6, 6.07) is 15.6. The van der Waals surface area contributed by atoms with Crippen LogP contribution in [0.2, 0.25) is 0 Å². The van der Waals surface area contributed by atoms with E-state index in [1.54, 1.807) is 0 Å². The molecule has 1 aliphatic carbocycles. The van der Waals surface area contributed by atoms with Crippen LogP contribution in [0.4, 0.5) is 0 Å². The van der Waals surface area contributed by atoms with E-state index in [1.807, 2.05) is 42.5 Å². The van der Waals surface area contributed by atoms with E-state index in [1.165, 1.54) is 12.0 Å². The van der Waals surface area contributed by atoms with Crippen molar-refractivity contribution in [3.8, 4) is 17.6 Å². The monoisotopic (exact) mass is 372 g/mol. The molecule has 0 aromatic heterocycles. The van der Waals surface area contributed by atoms with Gasteiger partial charge in [0.2, 0.25) is 0 Å². The summed E-state index contributed by atoms with van der Waals surface area (Å²) in [5, 5.41) is 0. The summed E-state index contributed by atoms with van der Waals surface area (Å²) in [5.74, 6) is 7.56. The van der Waals surface area contributed by atoms with Crippen molar-refractivity contribution in [1.82, 2.24) is 0 Å². The van der Waals surface area contributed by atoms with Gasteiger partial charge < -0.3 is 4.74 Å². The molecule has 1 fully saturated rings. The van der Waals surface area contributed by atoms with E-state index in [0.717, 1.165) is 49.1 Å². The van der Waals surface area contributed by atoms with E-state index in [0.29, 0.717) is 5.75 Å². The van der Waals surface area contributed by atoms with Crippen LogP contribution >= 0.6 is 0 Å². The molecular formula is C26H28O2. The van der Waals surface area contributed by atoms with E-state index in [2.05, 4.69) is 37.5 Å². The largest absolute Gasteiger partial charge is 0.426 e. The maximum absolute atomic E-state index is 12.4. The Kier molecular flexibility index (Phi) is 7.09. The molecule has 0 unspecified atom stereocenters. The van der Waals surface area contributed by atoms with E-state index in [4.69, 9.17) is 4.74 Å². The Hall–Kier alpha value is -2.79. The average Bonchev–Trinajstić information content (AvgIpc) is 2.73. The second kappa shape index (κ2) is 9.95. The molecule has 0 radical (unpaired) electrons. The molecule has 0 saturated heterocycles. The molecule has 0 spiro atoms. The molecule has 0 atom stereocenters. The third kappa shape index (κ3) is 5.86. The highest BCUT2D eigenvalue weighted by atomic mass is 16.5. The molecule has 0 amide bonds. The third-order valence-corrected chi connectivity index (χ3v) is 5.43. The van der Waals surface area contributed by atoms with Crippen molar-refractivity contribution >= 4 is 5.97 Å². The summed E-state index contributed by atoms with van der Waals surface area (Å²) in [6.07, 6.45) is 8.33. The average molecular weight is 373 g/mol. The molecule has 0 heterocycles. The summed E-state index contributed by atoms with van der Waals surface area (Å²) < 4.78 is 5.60. The van der Waals surface area contributed by atoms with Crippen molar-refractivity contribution in [1.29, 1.82) is 0 Å². The Morgan fingerprint density at radius 3 is 2.14 bits per heavy atom. The highest BCUT2D eigenvalue weighted by molar-refractivity contribution is 5.75. The topological polar surface area (TPSA) is 26.3 Å². The zero-order valence-electron chi connectivity index (χ0n) is 16.6. The number of allylic oxidation sites excluding steroid dienone is 1. The van der Waals surface area contributed by atoms with E-state index in [-0.39, 0.29) is 11.9 Å². The van der Waals surface area contributed by atoms with Crippen LogP contribution in [0.1, 0.15) is 55.2 Å². The minimum Gasteiger partial charge on any atom is -0.426 e. The Morgan fingerprint density at radius 1 is 1.00 bits per heavy atom. The van der Waals surface area contributed by atoms with Crippen molar-refractivity contribution in [2.24, 2.45) is 11.8 Å². The number of aryl methyl sites for hydroxylation is 1. The lowest BCUT2D eigenvalue weighted by Crippen LogP contribution is -2.25. The highest BCUT2D eigenvalue weighted by Gasteiger charge is 2.27. The predicted octanol–water partition coefficient (Wildman–Crippen LogP) is 6.07. The first-order chi connectivity index (χ1) is 13.6. The van der Waals surface area contributed by atoms with Gasteiger partial charge in [0, 0.05) is 11.1 Å². The van der Waals surface area contributed by atoms with Crippen LogP contribution in [0.15, 0.2) is 61.2 Å². The van der Waals surface area contributed by atoms with Gasteiger partial charge in [-0.3, -0.25) is 4.79 Å². The highest BCUT2D eigenvalue weighted by Crippen LogP contribution is 2.32. The fourth-order valence-corrected chi connectivity index (χ4v) is 3.63. The fraction of sp³-hybridized carbons (Fsp3) is 0.346. The van der Waals surface area contributed by atoms with Crippen molar-refractivity contribution in [3.63, 3.8) is 0 Å². The zero-order valence-corrected chi connectivity index (χ0v) is 16.6. The van der Waals surface area contributed by atoms with Crippen LogP contribution in [-0.4, -0.2) is 5.97 Å². The Bertz CT molecular complexity index is 842. The summed E-state index contributed by atoms with van der Waals surface area (Å²) in [5.41, 5.74) is 3.12. The molecule has 0 aliphatic heterocycles. The number of benzene rings is 2. The SMILES string of the molecule is C=CCCC1CCC(C(=O)Oc2ccc(C#Cc3ccc(C)cc3)cc2)CC1. The van der Waals surface area contributed by atoms with Crippen LogP contribution in [0.25, 0.3) is 0 Å². The molecule has 3 rings (SSSR count). The molecular weight excluding hydrogens is 344 g/mol. The van der Waals surface area contributed by atoms with Gasteiger partial charge in [-0.2, -0.15) is 0 Å². The second-order valence-electron chi connectivity index (χ2n) is 7.65. The molecule has 1 saturated carbocycles. The zero-order chi connectivity index (χ0) is 19.8. The van der Waals surface area contributed by atoms with Crippen LogP contribution in [-0.2, 0) is 4.79 Å². The van der Waals surface area contributed by atoms with E-state index < -0.39 is 0 Å². The van der Waals surface area contributed by atoms with Gasteiger partial charge in [-0.05, 0) is 87.8 Å². The molecule has 2 heteroatoms. The molecule has 0 N–H and O–H groups in total. The molecule has 2 nitrogen and oxygen atoms in total. The number of rotatable bonds is 5. The smallest absolute Gasteiger partial charge is 0.314 e. The number of ether oxygens (including phenoxy) is 1. The number of hydrogen-bond acceptors (Lipinski definition) is 2. The molecule has 0 bridgehead atoms. The molecule has 2 aromatic rings. The Morgan fingerprint density at radius 2 is 1.57 bits per heavy atom. The second-order valence-corrected chi connectivity index (χ2v) is 7.65. The quantitative estimate of drug-likeness (QED) is 0.275. The number of carbonyl (C=O) groups is 1. The Labute approximate surface area is 168 Å². The lowest BCUT2D eigenvalue weighted by molar-refractivity contribution is -0.140. The molecule has 144 valence electrons. The van der Waals surface area contributed by atoms with Crippen LogP contribution in [0.3, 0.4) is 0 Å². The molecule has 2 aromatic carbocycles. The van der Waals surface area contributed by atoms with Gasteiger partial charge in [0.15, 0.2) is 0 Å². The number of hydrogen-bond donors (Lipinski definition) is 0. The Balaban J connectivity index is 1.51. The van der Waals surface area contributed by atoms with Crippen LogP contribution < -0.4 is 4.74 Å². The molecule has 1 aliphatic rings. The van der Waals surface area contributed by atoms with Crippen molar-refractivity contribution in [2.45, 2.75) is 45.4 Å². The van der Waals surface area contributed by atoms with Gasteiger partial charge in [-0.1, -0.05) is 35.6 Å². The van der Waals surface area contributed by atoms with Crippen molar-refractivity contribution in [2.75, 3.05) is 0 Å². The third-order valence-electron chi connectivity index (χ3n) is 5.43. The molecule has 28 heavy (non-hydrogen) atoms. The lowest BCUT2D eigenvalue weighted by atomic mass is 9.80. The van der Waals surface area contributed by atoms with Crippen molar-refractivity contribution in [3.05, 3.63) is 77.9 Å². The van der Waals surface area contributed by atoms with E-state index in [9.17, 15) is 4.79 Å². The van der Waals surface area contributed by atoms with Gasteiger partial charge in [0.1, 0.15) is 5.75 Å². The van der Waals surface area contributed by atoms with Crippen LogP contribution in [0.5, 0.6) is 5.75 Å². The fourth-order valence-electron chi connectivity index (χ4n) is 3.63. The summed E-state index contributed by atoms with van der Waals surface area (Å²) in [4.78, 5) is 12.4. The van der Waals surface area contributed by atoms with Gasteiger partial charge >= 0.3 is 5.97 Å². The normalized spacial score (nSPS) is 18.6. The maximum Gasteiger partial charge on any atom is 0.314 e. The minimum atomic E-state index is -0.0966. The van der Waals surface area contributed by atoms with Gasteiger partial charge in [0.25, 0.3) is 0 Å². The van der Waals surface area contributed by atoms with Gasteiger partial charge in [-0.15, -0.1) is 6.58 Å². The summed E-state index contributed by atoms with van der Waals surface area (Å²) in [6.45, 7) is 5.85. The van der Waals surface area contributed by atoms with E-state index >= 15 is 0 Å². The first-order valence-electron chi connectivity index (χ1n) is 10.2. The number of carbonyl (C=O) groups excluding carboxylic acids is 1. The summed E-state index contributed by atoms with van der Waals surface area (Å²) >= 11 is 0.